The van der Waals surface area contributed by atoms with E-state index >= 15 is 4.39 Å². The summed E-state index contributed by atoms with van der Waals surface area (Å²) in [6, 6.07) is 6.45. The van der Waals surface area contributed by atoms with E-state index < -0.39 is 6.17 Å². The third-order valence-electron chi connectivity index (χ3n) is 7.45. The maximum absolute atomic E-state index is 16.0. The summed E-state index contributed by atoms with van der Waals surface area (Å²) >= 11 is 0. The van der Waals surface area contributed by atoms with Crippen molar-refractivity contribution >= 4 is 29.7 Å². The minimum Gasteiger partial charge on any atom is -0.479 e. The van der Waals surface area contributed by atoms with Gasteiger partial charge >= 0.3 is 5.88 Å². The second-order valence-corrected chi connectivity index (χ2v) is 9.64. The standard InChI is InChI=1S/C28H26FN7O5/c1-5-20(38)34-9-10-35(15(2)12-34)25(30-3)18-11-17-22(29)16-7-6-8-19-21(16)23(17)33-26(18)36(14-37)24-27(39-4)31-13-32-28(24)41-40-19/h5-8,11,13-15,22H,1,9-10,12H2,2-4H3/b30-25+. The summed E-state index contributed by atoms with van der Waals surface area (Å²) in [4.78, 5) is 59.0. The normalized spacial score (nSPS) is 19.1. The molecule has 1 aliphatic carbocycles. The summed E-state index contributed by atoms with van der Waals surface area (Å²) in [6.45, 7) is 6.83. The predicted molar refractivity (Wildman–Crippen MR) is 146 cm³/mol. The fraction of sp³-hybridized carbons (Fsp3) is 0.286. The zero-order valence-corrected chi connectivity index (χ0v) is 22.6. The molecule has 2 aromatic heterocycles. The molecule has 1 aromatic carbocycles. The summed E-state index contributed by atoms with van der Waals surface area (Å²) in [5.74, 6) is 0.599. The molecule has 2 bridgehead atoms. The van der Waals surface area contributed by atoms with Gasteiger partial charge < -0.3 is 14.5 Å². The number of anilines is 2. The van der Waals surface area contributed by atoms with Gasteiger partial charge in [0.15, 0.2) is 23.4 Å². The van der Waals surface area contributed by atoms with Crippen molar-refractivity contribution in [1.29, 1.82) is 0 Å². The maximum atomic E-state index is 16.0. The lowest BCUT2D eigenvalue weighted by Crippen LogP contribution is -2.55. The molecule has 210 valence electrons. The van der Waals surface area contributed by atoms with Gasteiger partial charge in [-0.25, -0.2) is 9.37 Å². The number of amides is 2. The third kappa shape index (κ3) is 4.03. The lowest BCUT2D eigenvalue weighted by molar-refractivity contribution is -0.128. The molecule has 3 aliphatic rings. The molecule has 2 aliphatic heterocycles. The van der Waals surface area contributed by atoms with Gasteiger partial charge in [0.2, 0.25) is 18.2 Å². The molecule has 12 nitrogen and oxygen atoms in total. The summed E-state index contributed by atoms with van der Waals surface area (Å²) in [5.41, 5.74) is 1.81. The molecule has 4 heterocycles. The largest absolute Gasteiger partial charge is 0.479 e. The van der Waals surface area contributed by atoms with Gasteiger partial charge in [-0.05, 0) is 25.1 Å². The Morgan fingerprint density at radius 3 is 2.78 bits per heavy atom. The molecule has 3 aromatic rings. The number of amidine groups is 1. The van der Waals surface area contributed by atoms with Crippen molar-refractivity contribution in [3.05, 3.63) is 59.9 Å². The highest BCUT2D eigenvalue weighted by molar-refractivity contribution is 6.08. The summed E-state index contributed by atoms with van der Waals surface area (Å²) in [6.07, 6.45) is 1.51. The average Bonchev–Trinajstić information content (AvgIpc) is 3.28. The SMILES string of the molecule is C=CC(=O)N1CCN(/C(=N/C)c2cc3c4nc2N(C=O)c2c(OC)ncnc2OOc2cccc(c2-4)C3F)C(C)C1. The topological polar surface area (TPSA) is 123 Å². The van der Waals surface area contributed by atoms with Crippen LogP contribution in [0.2, 0.25) is 0 Å². The van der Waals surface area contributed by atoms with Crippen molar-refractivity contribution in [3.8, 4) is 28.8 Å². The first-order valence-electron chi connectivity index (χ1n) is 12.9. The van der Waals surface area contributed by atoms with E-state index in [0.29, 0.717) is 59.8 Å². The lowest BCUT2D eigenvalue weighted by atomic mass is 10.0. The first kappa shape index (κ1) is 26.2. The number of rotatable bonds is 4. The number of aromatic nitrogens is 3. The molecule has 6 rings (SSSR count). The Morgan fingerprint density at radius 2 is 2.07 bits per heavy atom. The molecule has 1 fully saturated rings. The molecule has 41 heavy (non-hydrogen) atoms. The Hall–Kier alpha value is -5.07. The van der Waals surface area contributed by atoms with Gasteiger partial charge in [0.1, 0.15) is 12.2 Å². The number of hydrogen-bond donors (Lipinski definition) is 0. The van der Waals surface area contributed by atoms with Crippen LogP contribution in [0, 0.1) is 0 Å². The number of piperazine rings is 1. The molecular weight excluding hydrogens is 533 g/mol. The van der Waals surface area contributed by atoms with Crippen LogP contribution in [0.3, 0.4) is 0 Å². The number of carbonyl (C=O) groups is 2. The summed E-state index contributed by atoms with van der Waals surface area (Å²) < 4.78 is 21.5. The number of fused-ring (bicyclic) bond motifs is 2. The van der Waals surface area contributed by atoms with E-state index in [0.717, 1.165) is 0 Å². The van der Waals surface area contributed by atoms with Gasteiger partial charge in [-0.3, -0.25) is 29.3 Å². The molecular formula is C28H26FN7O5. The van der Waals surface area contributed by atoms with Crippen LogP contribution in [-0.4, -0.2) is 82.7 Å². The zero-order chi connectivity index (χ0) is 28.8. The third-order valence-corrected chi connectivity index (χ3v) is 7.45. The van der Waals surface area contributed by atoms with Crippen molar-refractivity contribution in [2.45, 2.75) is 19.1 Å². The van der Waals surface area contributed by atoms with E-state index in [1.807, 2.05) is 11.8 Å². The highest BCUT2D eigenvalue weighted by atomic mass is 19.1. The number of alkyl halides is 1. The zero-order valence-electron chi connectivity index (χ0n) is 22.6. The Morgan fingerprint density at radius 1 is 1.24 bits per heavy atom. The maximum Gasteiger partial charge on any atom is 0.301 e. The Labute approximate surface area is 234 Å². The number of halogens is 1. The van der Waals surface area contributed by atoms with Gasteiger partial charge in [-0.15, -0.1) is 0 Å². The molecule has 2 atom stereocenters. The second kappa shape index (κ2) is 10.2. The summed E-state index contributed by atoms with van der Waals surface area (Å²) in [5, 5.41) is 0. The van der Waals surface area contributed by atoms with Gasteiger partial charge in [0, 0.05) is 43.9 Å². The van der Waals surface area contributed by atoms with E-state index in [-0.39, 0.29) is 41.0 Å². The van der Waals surface area contributed by atoms with E-state index in [1.54, 1.807) is 36.2 Å². The molecule has 0 spiro atoms. The minimum atomic E-state index is -1.51. The molecule has 1 saturated heterocycles. The average molecular weight is 560 g/mol. The molecule has 0 N–H and O–H groups in total. The van der Waals surface area contributed by atoms with Crippen LogP contribution in [0.4, 0.5) is 15.9 Å². The summed E-state index contributed by atoms with van der Waals surface area (Å²) in [7, 11) is 3.01. The smallest absolute Gasteiger partial charge is 0.301 e. The highest BCUT2D eigenvalue weighted by Gasteiger charge is 2.39. The number of benzene rings is 1. The molecule has 2 amide bonds. The first-order valence-corrected chi connectivity index (χ1v) is 12.9. The number of ether oxygens (including phenoxy) is 1. The van der Waals surface area contributed by atoms with E-state index in [2.05, 4.69) is 21.5 Å². The van der Waals surface area contributed by atoms with Gasteiger partial charge in [0.05, 0.1) is 23.9 Å². The van der Waals surface area contributed by atoms with Crippen LogP contribution in [0.5, 0.6) is 17.5 Å². The monoisotopic (exact) mass is 559 g/mol. The van der Waals surface area contributed by atoms with Crippen molar-refractivity contribution < 1.29 is 28.5 Å². The predicted octanol–water partition coefficient (Wildman–Crippen LogP) is 3.00. The van der Waals surface area contributed by atoms with Crippen molar-refractivity contribution in [1.82, 2.24) is 24.8 Å². The van der Waals surface area contributed by atoms with Crippen LogP contribution >= 0.6 is 0 Å². The number of pyridine rings is 1. The number of carbonyl (C=O) groups excluding carboxylic acids is 2. The van der Waals surface area contributed by atoms with Crippen LogP contribution in [0.15, 0.2) is 48.2 Å². The van der Waals surface area contributed by atoms with Crippen LogP contribution < -0.4 is 19.4 Å². The van der Waals surface area contributed by atoms with Crippen molar-refractivity contribution in [3.63, 3.8) is 0 Å². The van der Waals surface area contributed by atoms with E-state index in [9.17, 15) is 9.59 Å². The van der Waals surface area contributed by atoms with Gasteiger partial charge in [-0.2, -0.15) is 9.97 Å². The minimum absolute atomic E-state index is 0.0248. The van der Waals surface area contributed by atoms with E-state index in [4.69, 9.17) is 19.5 Å². The Bertz CT molecular complexity index is 1610. The molecule has 2 unspecified atom stereocenters. The number of methoxy groups -OCH3 is 1. The molecule has 0 radical (unpaired) electrons. The quantitative estimate of drug-likeness (QED) is 0.156. The fourth-order valence-corrected chi connectivity index (χ4v) is 5.57. The van der Waals surface area contributed by atoms with Crippen molar-refractivity contribution in [2.75, 3.05) is 38.7 Å². The Kier molecular flexibility index (Phi) is 6.48. The van der Waals surface area contributed by atoms with Gasteiger partial charge in [0.25, 0.3) is 0 Å². The van der Waals surface area contributed by atoms with Gasteiger partial charge in [-0.1, -0.05) is 18.7 Å². The van der Waals surface area contributed by atoms with Crippen molar-refractivity contribution in [2.24, 2.45) is 4.99 Å². The Balaban J connectivity index is 1.58. The first-order chi connectivity index (χ1) is 19.9. The van der Waals surface area contributed by atoms with Crippen LogP contribution in [-0.2, 0) is 9.59 Å². The highest BCUT2D eigenvalue weighted by Crippen LogP contribution is 2.52. The van der Waals surface area contributed by atoms with E-state index in [1.165, 1.54) is 24.4 Å². The molecule has 0 saturated carbocycles. The molecule has 13 heteroatoms. The number of hydrogen-bond acceptors (Lipinski definition) is 9. The van der Waals surface area contributed by atoms with Crippen LogP contribution in [0.1, 0.15) is 29.8 Å². The number of nitrogens with zero attached hydrogens (tertiary/aromatic N) is 7. The lowest BCUT2D eigenvalue weighted by Gasteiger charge is -2.41. The number of aliphatic imine (C=N–C) groups is 1. The second-order valence-electron chi connectivity index (χ2n) is 9.64. The van der Waals surface area contributed by atoms with Crippen LogP contribution in [0.25, 0.3) is 11.3 Å². The fourth-order valence-electron chi connectivity index (χ4n) is 5.57.